The van der Waals surface area contributed by atoms with Crippen LogP contribution < -0.4 is 11.1 Å². The number of carbonyl (C=O) groups excluding carboxylic acids is 1. The molecule has 0 bridgehead atoms. The molecule has 0 aliphatic carbocycles. The molecular formula is C13H14N2O2S. The quantitative estimate of drug-likeness (QED) is 0.586. The van der Waals surface area contributed by atoms with Crippen LogP contribution in [0.3, 0.4) is 0 Å². The molecule has 5 heteroatoms. The summed E-state index contributed by atoms with van der Waals surface area (Å²) >= 11 is 1.44. The maximum Gasteiger partial charge on any atom is 0.261 e. The number of thiophene rings is 1. The van der Waals surface area contributed by atoms with Crippen LogP contribution in [0.15, 0.2) is 30.3 Å². The van der Waals surface area contributed by atoms with Crippen LogP contribution >= 0.6 is 11.3 Å². The van der Waals surface area contributed by atoms with Crippen molar-refractivity contribution in [3.8, 4) is 5.75 Å². The lowest BCUT2D eigenvalue weighted by molar-refractivity contribution is 0.0955. The Hall–Kier alpha value is -2.01. The normalized spacial score (nSPS) is 10.3. The lowest BCUT2D eigenvalue weighted by Gasteiger charge is -2.07. The van der Waals surface area contributed by atoms with E-state index in [0.717, 1.165) is 4.88 Å². The van der Waals surface area contributed by atoms with Gasteiger partial charge in [-0.1, -0.05) is 0 Å². The number of amides is 1. The molecule has 0 aliphatic rings. The molecule has 18 heavy (non-hydrogen) atoms. The second kappa shape index (κ2) is 5.10. The SMILES string of the molecule is Cc1ccc(C(=O)NCc2cc(N)ccc2O)s1. The van der Waals surface area contributed by atoms with Gasteiger partial charge in [0.1, 0.15) is 5.75 Å². The van der Waals surface area contributed by atoms with Gasteiger partial charge >= 0.3 is 0 Å². The molecule has 4 nitrogen and oxygen atoms in total. The summed E-state index contributed by atoms with van der Waals surface area (Å²) < 4.78 is 0. The highest BCUT2D eigenvalue weighted by atomic mass is 32.1. The minimum atomic E-state index is -0.144. The van der Waals surface area contributed by atoms with Gasteiger partial charge in [0.15, 0.2) is 0 Å². The van der Waals surface area contributed by atoms with Crippen molar-refractivity contribution in [3.05, 3.63) is 45.6 Å². The Morgan fingerprint density at radius 2 is 2.17 bits per heavy atom. The van der Waals surface area contributed by atoms with Crippen molar-refractivity contribution < 1.29 is 9.90 Å². The van der Waals surface area contributed by atoms with E-state index in [9.17, 15) is 9.90 Å². The Kier molecular flexibility index (Phi) is 3.53. The monoisotopic (exact) mass is 262 g/mol. The highest BCUT2D eigenvalue weighted by molar-refractivity contribution is 7.13. The second-order valence-corrected chi connectivity index (χ2v) is 5.27. The van der Waals surface area contributed by atoms with Crippen molar-refractivity contribution in [1.29, 1.82) is 0 Å². The average Bonchev–Trinajstić information content (AvgIpc) is 2.77. The summed E-state index contributed by atoms with van der Waals surface area (Å²) in [6.45, 7) is 2.21. The Labute approximate surface area is 109 Å². The number of phenolic OH excluding ortho intramolecular Hbond substituents is 1. The van der Waals surface area contributed by atoms with E-state index < -0.39 is 0 Å². The van der Waals surface area contributed by atoms with Crippen LogP contribution in [0.25, 0.3) is 0 Å². The van der Waals surface area contributed by atoms with E-state index in [1.54, 1.807) is 18.2 Å². The lowest BCUT2D eigenvalue weighted by atomic mass is 10.2. The van der Waals surface area contributed by atoms with Crippen molar-refractivity contribution >= 4 is 22.9 Å². The van der Waals surface area contributed by atoms with Crippen LogP contribution in [0.2, 0.25) is 0 Å². The predicted molar refractivity (Wildman–Crippen MR) is 72.7 cm³/mol. The average molecular weight is 262 g/mol. The molecule has 0 spiro atoms. The summed E-state index contributed by atoms with van der Waals surface area (Å²) in [5.41, 5.74) is 6.79. The zero-order valence-electron chi connectivity index (χ0n) is 9.93. The Morgan fingerprint density at radius 3 is 2.83 bits per heavy atom. The number of aromatic hydroxyl groups is 1. The van der Waals surface area contributed by atoms with Gasteiger partial charge in [0, 0.05) is 22.7 Å². The number of carbonyl (C=O) groups is 1. The fourth-order valence-corrected chi connectivity index (χ4v) is 2.35. The van der Waals surface area contributed by atoms with Gasteiger partial charge in [-0.2, -0.15) is 0 Å². The molecule has 1 aromatic carbocycles. The Morgan fingerprint density at radius 1 is 1.39 bits per heavy atom. The van der Waals surface area contributed by atoms with E-state index in [2.05, 4.69) is 5.32 Å². The standard InChI is InChI=1S/C13H14N2O2S/c1-8-2-5-12(18-8)13(17)15-7-9-6-10(14)3-4-11(9)16/h2-6,16H,7,14H2,1H3,(H,15,17). The number of phenols is 1. The van der Waals surface area contributed by atoms with E-state index in [1.807, 2.05) is 13.0 Å². The summed E-state index contributed by atoms with van der Waals surface area (Å²) in [6.07, 6.45) is 0. The van der Waals surface area contributed by atoms with Gasteiger partial charge in [-0.25, -0.2) is 0 Å². The first kappa shape index (κ1) is 12.4. The first-order chi connectivity index (χ1) is 8.56. The van der Waals surface area contributed by atoms with Crippen molar-refractivity contribution in [3.63, 3.8) is 0 Å². The van der Waals surface area contributed by atoms with Crippen molar-refractivity contribution in [2.24, 2.45) is 0 Å². The number of aryl methyl sites for hydroxylation is 1. The van der Waals surface area contributed by atoms with E-state index in [4.69, 9.17) is 5.73 Å². The number of hydrogen-bond donors (Lipinski definition) is 3. The van der Waals surface area contributed by atoms with E-state index in [-0.39, 0.29) is 18.2 Å². The van der Waals surface area contributed by atoms with Crippen LogP contribution in [0.5, 0.6) is 5.75 Å². The largest absolute Gasteiger partial charge is 0.508 e. The molecule has 0 saturated heterocycles. The van der Waals surface area contributed by atoms with Gasteiger partial charge in [0.05, 0.1) is 4.88 Å². The van der Waals surface area contributed by atoms with Crippen molar-refractivity contribution in [1.82, 2.24) is 5.32 Å². The molecule has 1 aromatic heterocycles. The van der Waals surface area contributed by atoms with Crippen LogP contribution in [0.1, 0.15) is 20.1 Å². The third-order valence-corrected chi connectivity index (χ3v) is 3.51. The topological polar surface area (TPSA) is 75.4 Å². The molecular weight excluding hydrogens is 248 g/mol. The first-order valence-electron chi connectivity index (χ1n) is 5.48. The van der Waals surface area contributed by atoms with Crippen LogP contribution in [-0.4, -0.2) is 11.0 Å². The van der Waals surface area contributed by atoms with Crippen LogP contribution in [0.4, 0.5) is 5.69 Å². The third-order valence-electron chi connectivity index (χ3n) is 2.51. The second-order valence-electron chi connectivity index (χ2n) is 3.98. The van der Waals surface area contributed by atoms with Gasteiger partial charge in [-0.3, -0.25) is 4.79 Å². The van der Waals surface area contributed by atoms with Crippen LogP contribution in [0, 0.1) is 6.92 Å². The molecule has 0 saturated carbocycles. The molecule has 0 aliphatic heterocycles. The molecule has 1 amide bonds. The Bertz CT molecular complexity index is 578. The highest BCUT2D eigenvalue weighted by Gasteiger charge is 2.09. The zero-order valence-corrected chi connectivity index (χ0v) is 10.8. The summed E-state index contributed by atoms with van der Waals surface area (Å²) in [5.74, 6) is -0.0122. The number of anilines is 1. The fourth-order valence-electron chi connectivity index (χ4n) is 1.57. The summed E-state index contributed by atoms with van der Waals surface area (Å²) in [6, 6.07) is 8.47. The summed E-state index contributed by atoms with van der Waals surface area (Å²) in [5, 5.41) is 12.4. The van der Waals surface area contributed by atoms with E-state index >= 15 is 0 Å². The summed E-state index contributed by atoms with van der Waals surface area (Å²) in [7, 11) is 0. The number of nitrogens with two attached hydrogens (primary N) is 1. The Balaban J connectivity index is 2.03. The van der Waals surface area contributed by atoms with Crippen molar-refractivity contribution in [2.75, 3.05) is 5.73 Å². The first-order valence-corrected chi connectivity index (χ1v) is 6.30. The van der Waals surface area contributed by atoms with Gasteiger partial charge in [0.2, 0.25) is 0 Å². The third kappa shape index (κ3) is 2.81. The molecule has 4 N–H and O–H groups in total. The molecule has 0 unspecified atom stereocenters. The van der Waals surface area contributed by atoms with Gasteiger partial charge in [-0.15, -0.1) is 11.3 Å². The lowest BCUT2D eigenvalue weighted by Crippen LogP contribution is -2.21. The predicted octanol–water partition coefficient (Wildman–Crippen LogP) is 2.27. The van der Waals surface area contributed by atoms with E-state index in [0.29, 0.717) is 16.1 Å². The van der Waals surface area contributed by atoms with Crippen molar-refractivity contribution in [2.45, 2.75) is 13.5 Å². The zero-order chi connectivity index (χ0) is 13.1. The minimum absolute atomic E-state index is 0.131. The van der Waals surface area contributed by atoms with Gasteiger partial charge in [0.25, 0.3) is 5.91 Å². The number of benzene rings is 1. The minimum Gasteiger partial charge on any atom is -0.508 e. The smallest absolute Gasteiger partial charge is 0.261 e. The molecule has 0 atom stereocenters. The van der Waals surface area contributed by atoms with E-state index in [1.165, 1.54) is 17.4 Å². The number of hydrogen-bond acceptors (Lipinski definition) is 4. The van der Waals surface area contributed by atoms with Gasteiger partial charge in [-0.05, 0) is 37.3 Å². The highest BCUT2D eigenvalue weighted by Crippen LogP contribution is 2.20. The fraction of sp³-hybridized carbons (Fsp3) is 0.154. The molecule has 1 heterocycles. The molecule has 94 valence electrons. The number of nitrogen functional groups attached to an aromatic ring is 1. The summed E-state index contributed by atoms with van der Waals surface area (Å²) in [4.78, 5) is 13.6. The van der Waals surface area contributed by atoms with Gasteiger partial charge < -0.3 is 16.2 Å². The number of rotatable bonds is 3. The molecule has 2 aromatic rings. The maximum absolute atomic E-state index is 11.8. The maximum atomic E-state index is 11.8. The molecule has 2 rings (SSSR count). The van der Waals surface area contributed by atoms with Crippen LogP contribution in [-0.2, 0) is 6.54 Å². The number of nitrogens with one attached hydrogen (secondary N) is 1. The molecule has 0 radical (unpaired) electrons. The molecule has 0 fully saturated rings.